The number of rotatable bonds is 6. The van der Waals surface area contributed by atoms with Crippen molar-refractivity contribution in [2.24, 2.45) is 0 Å². The van der Waals surface area contributed by atoms with Crippen molar-refractivity contribution in [2.45, 2.75) is 5.41 Å². The van der Waals surface area contributed by atoms with Gasteiger partial charge in [-0.1, -0.05) is 200 Å². The Labute approximate surface area is 367 Å². The number of fused-ring (bicyclic) bond motifs is 12. The van der Waals surface area contributed by atoms with E-state index in [1.54, 1.807) is 0 Å². The molecule has 0 radical (unpaired) electrons. The van der Waals surface area contributed by atoms with Crippen molar-refractivity contribution >= 4 is 38.9 Å². The summed E-state index contributed by atoms with van der Waals surface area (Å²) in [6.45, 7) is 0. The van der Waals surface area contributed by atoms with E-state index in [1.807, 2.05) is 0 Å². The maximum atomic E-state index is 2.52. The van der Waals surface area contributed by atoms with Crippen LogP contribution in [0.5, 0.6) is 0 Å². The van der Waals surface area contributed by atoms with Crippen LogP contribution in [0.4, 0.5) is 17.1 Å². The molecule has 0 fully saturated rings. The van der Waals surface area contributed by atoms with Crippen LogP contribution in [0.2, 0.25) is 0 Å². The summed E-state index contributed by atoms with van der Waals surface area (Å²) >= 11 is 0. The van der Waals surface area contributed by atoms with E-state index in [4.69, 9.17) is 0 Å². The molecule has 0 bridgehead atoms. The van der Waals surface area contributed by atoms with Crippen LogP contribution < -0.4 is 4.90 Å². The number of hydrogen-bond acceptors (Lipinski definition) is 1. The maximum absolute atomic E-state index is 2.52. The van der Waals surface area contributed by atoms with E-state index >= 15 is 0 Å². The van der Waals surface area contributed by atoms with Gasteiger partial charge < -0.3 is 9.47 Å². The Morgan fingerprint density at radius 1 is 0.317 bits per heavy atom. The second-order valence-electron chi connectivity index (χ2n) is 16.7. The van der Waals surface area contributed by atoms with Gasteiger partial charge in [0.1, 0.15) is 0 Å². The maximum Gasteiger partial charge on any atom is 0.0754 e. The average molecular weight is 801 g/mol. The monoisotopic (exact) mass is 800 g/mol. The van der Waals surface area contributed by atoms with E-state index in [2.05, 4.69) is 252 Å². The molecule has 63 heavy (non-hydrogen) atoms. The number of anilines is 3. The van der Waals surface area contributed by atoms with E-state index in [-0.39, 0.29) is 0 Å². The molecule has 2 heterocycles. The zero-order valence-corrected chi connectivity index (χ0v) is 34.5. The molecule has 13 rings (SSSR count). The largest absolute Gasteiger partial charge is 0.309 e. The van der Waals surface area contributed by atoms with Crippen LogP contribution in [-0.4, -0.2) is 4.57 Å². The van der Waals surface area contributed by atoms with Crippen LogP contribution in [-0.2, 0) is 5.41 Å². The minimum Gasteiger partial charge on any atom is -0.309 e. The third-order valence-corrected chi connectivity index (χ3v) is 13.6. The van der Waals surface area contributed by atoms with Gasteiger partial charge in [0.15, 0.2) is 0 Å². The molecule has 1 atom stereocenters. The molecule has 0 N–H and O–H groups in total. The summed E-state index contributed by atoms with van der Waals surface area (Å²) in [5.41, 5.74) is 21.5. The van der Waals surface area contributed by atoms with Gasteiger partial charge in [0.25, 0.3) is 0 Å². The Bertz CT molecular complexity index is 3580. The lowest BCUT2D eigenvalue weighted by atomic mass is 9.65. The van der Waals surface area contributed by atoms with Gasteiger partial charge in [-0.15, -0.1) is 0 Å². The molecule has 1 spiro atoms. The minimum absolute atomic E-state index is 0.537. The number of para-hydroxylation sites is 6. The third kappa shape index (κ3) is 5.07. The van der Waals surface area contributed by atoms with Crippen molar-refractivity contribution in [2.75, 3.05) is 4.90 Å². The second-order valence-corrected chi connectivity index (χ2v) is 16.7. The molecule has 2 nitrogen and oxygen atoms in total. The number of nitrogens with zero attached hydrogens (tertiary/aromatic N) is 2. The molecule has 11 aromatic rings. The summed E-state index contributed by atoms with van der Waals surface area (Å²) in [6.07, 6.45) is 0. The molecule has 1 unspecified atom stereocenters. The molecule has 2 heteroatoms. The van der Waals surface area contributed by atoms with Crippen LogP contribution in [0.1, 0.15) is 22.3 Å². The molecular weight excluding hydrogens is 761 g/mol. The highest BCUT2D eigenvalue weighted by Crippen LogP contribution is 2.61. The van der Waals surface area contributed by atoms with Gasteiger partial charge in [-0.3, -0.25) is 0 Å². The predicted molar refractivity (Wildman–Crippen MR) is 263 cm³/mol. The van der Waals surface area contributed by atoms with E-state index in [1.165, 1.54) is 88.7 Å². The van der Waals surface area contributed by atoms with Crippen molar-refractivity contribution in [1.29, 1.82) is 0 Å². The molecule has 10 aromatic carbocycles. The second kappa shape index (κ2) is 13.9. The van der Waals surface area contributed by atoms with Crippen molar-refractivity contribution in [3.8, 4) is 50.2 Å². The van der Waals surface area contributed by atoms with Gasteiger partial charge >= 0.3 is 0 Å². The lowest BCUT2D eigenvalue weighted by Crippen LogP contribution is -2.33. The van der Waals surface area contributed by atoms with Gasteiger partial charge in [-0.25, -0.2) is 0 Å². The summed E-state index contributed by atoms with van der Waals surface area (Å²) in [7, 11) is 0. The van der Waals surface area contributed by atoms with E-state index in [9.17, 15) is 0 Å². The first-order valence-corrected chi connectivity index (χ1v) is 21.9. The number of aromatic nitrogens is 1. The molecule has 1 aliphatic heterocycles. The van der Waals surface area contributed by atoms with Crippen LogP contribution in [0, 0.1) is 0 Å². The summed E-state index contributed by atoms with van der Waals surface area (Å²) in [4.78, 5) is 2.46. The summed E-state index contributed by atoms with van der Waals surface area (Å²) in [5.74, 6) is 0. The zero-order chi connectivity index (χ0) is 41.5. The van der Waals surface area contributed by atoms with Gasteiger partial charge in [-0.2, -0.15) is 0 Å². The van der Waals surface area contributed by atoms with Crippen LogP contribution in [0.3, 0.4) is 0 Å². The van der Waals surface area contributed by atoms with Gasteiger partial charge in [0.05, 0.1) is 33.5 Å². The van der Waals surface area contributed by atoms with Crippen molar-refractivity contribution in [1.82, 2.24) is 4.57 Å². The Morgan fingerprint density at radius 3 is 1.68 bits per heavy atom. The van der Waals surface area contributed by atoms with Gasteiger partial charge in [0, 0.05) is 27.6 Å². The molecule has 0 amide bonds. The van der Waals surface area contributed by atoms with Crippen molar-refractivity contribution in [3.05, 3.63) is 265 Å². The molecular formula is C61H40N2. The van der Waals surface area contributed by atoms with E-state index in [0.29, 0.717) is 0 Å². The van der Waals surface area contributed by atoms with Crippen LogP contribution >= 0.6 is 0 Å². The van der Waals surface area contributed by atoms with Crippen molar-refractivity contribution in [3.63, 3.8) is 0 Å². The fourth-order valence-corrected chi connectivity index (χ4v) is 11.1. The first kappa shape index (κ1) is 35.5. The molecule has 1 aliphatic carbocycles. The fraction of sp³-hybridized carbons (Fsp3) is 0.0164. The molecule has 0 saturated heterocycles. The topological polar surface area (TPSA) is 8.17 Å². The summed E-state index contributed by atoms with van der Waals surface area (Å²) < 4.78 is 2.52. The molecule has 294 valence electrons. The van der Waals surface area contributed by atoms with Gasteiger partial charge in [-0.05, 0) is 98.1 Å². The SMILES string of the molecule is c1ccc(-c2ccccc2-c2ccccc2N(c2ccccc2)c2ccccc2-c2ccc3c(c2)C2(c4ccccc4-3)c3ccccc3-n3c4ccccc4c4cccc2c43)cc1. The zero-order valence-electron chi connectivity index (χ0n) is 34.5. The summed E-state index contributed by atoms with van der Waals surface area (Å²) in [5, 5.41) is 2.57. The van der Waals surface area contributed by atoms with E-state index < -0.39 is 5.41 Å². The first-order valence-electron chi connectivity index (χ1n) is 21.9. The quantitative estimate of drug-likeness (QED) is 0.163. The van der Waals surface area contributed by atoms with Crippen LogP contribution in [0.25, 0.3) is 72.0 Å². The van der Waals surface area contributed by atoms with Gasteiger partial charge in [0.2, 0.25) is 0 Å². The average Bonchev–Trinajstić information content (AvgIpc) is 3.85. The highest BCUT2D eigenvalue weighted by atomic mass is 15.1. The normalized spacial score (nSPS) is 14.4. The lowest BCUT2D eigenvalue weighted by molar-refractivity contribution is 0.749. The predicted octanol–water partition coefficient (Wildman–Crippen LogP) is 15.9. The number of benzene rings is 10. The smallest absolute Gasteiger partial charge is 0.0754 e. The Morgan fingerprint density at radius 2 is 0.873 bits per heavy atom. The lowest BCUT2D eigenvalue weighted by Gasteiger charge is -2.39. The fourth-order valence-electron chi connectivity index (χ4n) is 11.1. The van der Waals surface area contributed by atoms with Crippen LogP contribution in [0.15, 0.2) is 243 Å². The Hall–Kier alpha value is -8.20. The molecule has 1 aromatic heterocycles. The van der Waals surface area contributed by atoms with Crippen molar-refractivity contribution < 1.29 is 0 Å². The van der Waals surface area contributed by atoms with E-state index in [0.717, 1.165) is 22.6 Å². The number of hydrogen-bond donors (Lipinski definition) is 0. The minimum atomic E-state index is -0.537. The highest BCUT2D eigenvalue weighted by molar-refractivity contribution is 6.13. The Balaban J connectivity index is 1.07. The molecule has 0 saturated carbocycles. The highest BCUT2D eigenvalue weighted by Gasteiger charge is 2.51. The summed E-state index contributed by atoms with van der Waals surface area (Å²) in [6, 6.07) is 89.5. The first-order chi connectivity index (χ1) is 31.3. The third-order valence-electron chi connectivity index (χ3n) is 13.6. The standard InChI is InChI=1S/C61H40N2/c1-3-20-41(21-4-1)44-24-7-8-26-46(44)49-28-11-16-35-57(49)62(43-22-5-2-6-23-43)56-34-15-10-25-45(56)42-38-39-48-47-27-9-13-31-52(47)61(55(48)40-42)53-32-14-18-37-59(53)63-58-36-17-12-29-50(58)51-30-19-33-54(61)60(51)63/h1-40H. The molecule has 2 aliphatic rings. The Kier molecular flexibility index (Phi) is 7.85.